The van der Waals surface area contributed by atoms with Gasteiger partial charge in [0, 0.05) is 11.8 Å². The molecule has 2 aliphatic carbocycles. The molecule has 2 aliphatic rings. The van der Waals surface area contributed by atoms with Crippen LogP contribution in [0.1, 0.15) is 74.9 Å². The highest BCUT2D eigenvalue weighted by Crippen LogP contribution is 2.39. The molecule has 2 N–H and O–H groups in total. The summed E-state index contributed by atoms with van der Waals surface area (Å²) in [6, 6.07) is -0.681. The SMILES string of the molecule is CC(C)[C@H](NC(=O)Nc1cnc(C2CC2)nc1)c1nc(C2CC2)no1. The Morgan fingerprint density at radius 1 is 1.12 bits per heavy atom. The summed E-state index contributed by atoms with van der Waals surface area (Å²) in [5.74, 6) is 3.07. The fourth-order valence-electron chi connectivity index (χ4n) is 2.66. The van der Waals surface area contributed by atoms with Crippen molar-refractivity contribution in [3.8, 4) is 0 Å². The fourth-order valence-corrected chi connectivity index (χ4v) is 2.66. The van der Waals surface area contributed by atoms with Gasteiger partial charge in [-0.2, -0.15) is 4.98 Å². The normalized spacial score (nSPS) is 18.2. The Hall–Kier alpha value is -2.51. The summed E-state index contributed by atoms with van der Waals surface area (Å²) in [7, 11) is 0. The second kappa shape index (κ2) is 6.42. The van der Waals surface area contributed by atoms with Gasteiger partial charge in [-0.15, -0.1) is 0 Å². The first-order valence-corrected chi connectivity index (χ1v) is 8.83. The highest BCUT2D eigenvalue weighted by molar-refractivity contribution is 5.89. The molecule has 0 radical (unpaired) electrons. The van der Waals surface area contributed by atoms with Crippen molar-refractivity contribution >= 4 is 11.7 Å². The predicted molar refractivity (Wildman–Crippen MR) is 90.0 cm³/mol. The van der Waals surface area contributed by atoms with Gasteiger partial charge in [0.2, 0.25) is 5.89 Å². The molecule has 8 nitrogen and oxygen atoms in total. The van der Waals surface area contributed by atoms with Crippen LogP contribution in [0.5, 0.6) is 0 Å². The second-order valence-corrected chi connectivity index (χ2v) is 7.19. The maximum atomic E-state index is 12.3. The maximum absolute atomic E-state index is 12.3. The molecule has 4 rings (SSSR count). The lowest BCUT2D eigenvalue weighted by molar-refractivity contribution is 0.235. The number of carbonyl (C=O) groups is 1. The summed E-state index contributed by atoms with van der Waals surface area (Å²) in [5.41, 5.74) is 0.564. The Kier molecular flexibility index (Phi) is 4.10. The smallest absolute Gasteiger partial charge is 0.319 e. The van der Waals surface area contributed by atoms with Crippen LogP contribution in [0.25, 0.3) is 0 Å². The van der Waals surface area contributed by atoms with Crippen LogP contribution in [0.15, 0.2) is 16.9 Å². The summed E-state index contributed by atoms with van der Waals surface area (Å²) >= 11 is 0. The third-order valence-corrected chi connectivity index (χ3v) is 4.49. The van der Waals surface area contributed by atoms with Crippen molar-refractivity contribution in [1.29, 1.82) is 0 Å². The first-order valence-electron chi connectivity index (χ1n) is 8.83. The van der Waals surface area contributed by atoms with Gasteiger partial charge >= 0.3 is 6.03 Å². The summed E-state index contributed by atoms with van der Waals surface area (Å²) in [6.45, 7) is 4.00. The van der Waals surface area contributed by atoms with Crippen LogP contribution < -0.4 is 10.6 Å². The lowest BCUT2D eigenvalue weighted by Gasteiger charge is -2.18. The third-order valence-electron chi connectivity index (χ3n) is 4.49. The number of nitrogens with zero attached hydrogens (tertiary/aromatic N) is 4. The molecule has 0 saturated heterocycles. The average molecular weight is 342 g/mol. The molecule has 0 bridgehead atoms. The molecular weight excluding hydrogens is 320 g/mol. The van der Waals surface area contributed by atoms with Crippen LogP contribution >= 0.6 is 0 Å². The number of hydrogen-bond acceptors (Lipinski definition) is 6. The summed E-state index contributed by atoms with van der Waals surface area (Å²) in [6.07, 6.45) is 7.80. The Morgan fingerprint density at radius 3 is 2.36 bits per heavy atom. The van der Waals surface area contributed by atoms with Gasteiger partial charge in [-0.3, -0.25) is 0 Å². The summed E-state index contributed by atoms with van der Waals surface area (Å²) in [4.78, 5) is 25.4. The van der Waals surface area contributed by atoms with Crippen LogP contribution in [0.2, 0.25) is 0 Å². The monoisotopic (exact) mass is 342 g/mol. The third kappa shape index (κ3) is 3.78. The van der Waals surface area contributed by atoms with E-state index in [9.17, 15) is 4.79 Å². The van der Waals surface area contributed by atoms with E-state index in [4.69, 9.17) is 4.52 Å². The molecule has 132 valence electrons. The Morgan fingerprint density at radius 2 is 1.76 bits per heavy atom. The van der Waals surface area contributed by atoms with Gasteiger partial charge in [0.25, 0.3) is 0 Å². The molecule has 2 aromatic rings. The van der Waals surface area contributed by atoms with Gasteiger partial charge < -0.3 is 15.2 Å². The molecule has 0 unspecified atom stereocenters. The molecular formula is C17H22N6O2. The van der Waals surface area contributed by atoms with Crippen molar-refractivity contribution in [1.82, 2.24) is 25.4 Å². The number of carbonyl (C=O) groups excluding carboxylic acids is 1. The molecule has 2 saturated carbocycles. The minimum atomic E-state index is -0.341. The molecule has 0 aromatic carbocycles. The molecule has 8 heteroatoms. The second-order valence-electron chi connectivity index (χ2n) is 7.19. The number of urea groups is 1. The fraction of sp³-hybridized carbons (Fsp3) is 0.588. The minimum Gasteiger partial charge on any atom is -0.337 e. The molecule has 1 atom stereocenters. The number of nitrogens with one attached hydrogen (secondary N) is 2. The molecule has 25 heavy (non-hydrogen) atoms. The van der Waals surface area contributed by atoms with E-state index >= 15 is 0 Å². The first-order chi connectivity index (χ1) is 12.1. The Labute approximate surface area is 145 Å². The molecule has 2 fully saturated rings. The van der Waals surface area contributed by atoms with Crippen molar-refractivity contribution in [3.05, 3.63) is 29.9 Å². The van der Waals surface area contributed by atoms with E-state index in [0.717, 1.165) is 37.3 Å². The largest absolute Gasteiger partial charge is 0.337 e. The van der Waals surface area contributed by atoms with Crippen molar-refractivity contribution in [2.24, 2.45) is 5.92 Å². The van der Waals surface area contributed by atoms with E-state index in [1.165, 1.54) is 0 Å². The van der Waals surface area contributed by atoms with Gasteiger partial charge in [0.15, 0.2) is 5.82 Å². The Bertz CT molecular complexity index is 749. The number of amides is 2. The number of hydrogen-bond donors (Lipinski definition) is 2. The standard InChI is InChI=1S/C17H22N6O2/c1-9(2)13(16-22-15(23-25-16)11-5-6-11)21-17(24)20-12-7-18-14(19-8-12)10-3-4-10/h7-11,13H,3-6H2,1-2H3,(H2,20,21,24)/t13-/m0/s1. The van der Waals surface area contributed by atoms with Gasteiger partial charge in [0.05, 0.1) is 18.1 Å². The van der Waals surface area contributed by atoms with Crippen molar-refractivity contribution in [3.63, 3.8) is 0 Å². The molecule has 0 aliphatic heterocycles. The zero-order valence-electron chi connectivity index (χ0n) is 14.4. The van der Waals surface area contributed by atoms with E-state index in [0.29, 0.717) is 23.4 Å². The molecule has 2 heterocycles. The topological polar surface area (TPSA) is 106 Å². The highest BCUT2D eigenvalue weighted by atomic mass is 16.5. The minimum absolute atomic E-state index is 0.117. The van der Waals surface area contributed by atoms with Crippen LogP contribution in [0.4, 0.5) is 10.5 Å². The van der Waals surface area contributed by atoms with Crippen LogP contribution in [-0.4, -0.2) is 26.1 Å². The number of aromatic nitrogens is 4. The van der Waals surface area contributed by atoms with E-state index in [2.05, 4.69) is 30.7 Å². The zero-order chi connectivity index (χ0) is 17.4. The van der Waals surface area contributed by atoms with Crippen molar-refractivity contribution in [2.75, 3.05) is 5.32 Å². The number of rotatable bonds is 6. The zero-order valence-corrected chi connectivity index (χ0v) is 14.4. The van der Waals surface area contributed by atoms with E-state index < -0.39 is 0 Å². The van der Waals surface area contributed by atoms with Crippen LogP contribution in [-0.2, 0) is 0 Å². The van der Waals surface area contributed by atoms with E-state index in [-0.39, 0.29) is 18.0 Å². The van der Waals surface area contributed by atoms with Gasteiger partial charge in [-0.25, -0.2) is 14.8 Å². The van der Waals surface area contributed by atoms with Crippen LogP contribution in [0.3, 0.4) is 0 Å². The quantitative estimate of drug-likeness (QED) is 0.835. The number of anilines is 1. The van der Waals surface area contributed by atoms with Crippen LogP contribution in [0, 0.1) is 5.92 Å². The molecule has 0 spiro atoms. The lowest BCUT2D eigenvalue weighted by Crippen LogP contribution is -2.35. The summed E-state index contributed by atoms with van der Waals surface area (Å²) in [5, 5.41) is 9.69. The van der Waals surface area contributed by atoms with Gasteiger partial charge in [-0.05, 0) is 31.6 Å². The summed E-state index contributed by atoms with van der Waals surface area (Å²) < 4.78 is 5.36. The van der Waals surface area contributed by atoms with Gasteiger partial charge in [-0.1, -0.05) is 19.0 Å². The lowest BCUT2D eigenvalue weighted by atomic mass is 10.0. The Balaban J connectivity index is 1.39. The van der Waals surface area contributed by atoms with Crippen molar-refractivity contribution < 1.29 is 9.32 Å². The maximum Gasteiger partial charge on any atom is 0.319 e. The predicted octanol–water partition coefficient (Wildman–Crippen LogP) is 3.13. The first kappa shape index (κ1) is 16.0. The van der Waals surface area contributed by atoms with E-state index in [1.54, 1.807) is 12.4 Å². The van der Waals surface area contributed by atoms with E-state index in [1.807, 2.05) is 13.8 Å². The highest BCUT2D eigenvalue weighted by Gasteiger charge is 2.31. The molecule has 2 amide bonds. The van der Waals surface area contributed by atoms with Gasteiger partial charge in [0.1, 0.15) is 11.9 Å². The van der Waals surface area contributed by atoms with Crippen molar-refractivity contribution in [2.45, 2.75) is 57.4 Å². The average Bonchev–Trinajstić information content (AvgIpc) is 3.52. The molecule has 2 aromatic heterocycles.